The second-order valence-electron chi connectivity index (χ2n) is 8.53. The highest BCUT2D eigenvalue weighted by Gasteiger charge is 2.45. The maximum atomic E-state index is 13.2. The van der Waals surface area contributed by atoms with E-state index in [-0.39, 0.29) is 11.3 Å². The van der Waals surface area contributed by atoms with Crippen molar-refractivity contribution in [2.24, 2.45) is 0 Å². The Morgan fingerprint density at radius 3 is 2.41 bits per heavy atom. The number of amides is 1. The number of aliphatic hydroxyl groups excluding tert-OH is 1. The molecule has 1 heterocycles. The van der Waals surface area contributed by atoms with Crippen LogP contribution >= 0.6 is 0 Å². The number of hydrogen-bond acceptors (Lipinski definition) is 6. The van der Waals surface area contributed by atoms with E-state index in [2.05, 4.69) is 0 Å². The molecule has 1 saturated heterocycles. The van der Waals surface area contributed by atoms with Gasteiger partial charge in [0.2, 0.25) is 0 Å². The zero-order valence-electron chi connectivity index (χ0n) is 20.4. The van der Waals surface area contributed by atoms with Crippen LogP contribution in [0.15, 0.2) is 54.1 Å². The molecule has 1 aliphatic rings. The molecule has 0 aromatic heterocycles. The average molecular weight is 467 g/mol. The van der Waals surface area contributed by atoms with Crippen LogP contribution in [0.5, 0.6) is 11.5 Å². The van der Waals surface area contributed by atoms with Gasteiger partial charge in [-0.2, -0.15) is 0 Å². The topological polar surface area (TPSA) is 79.3 Å². The fourth-order valence-electron chi connectivity index (χ4n) is 4.04. The molecule has 1 amide bonds. The number of likely N-dealkylation sites (tertiary alicyclic amines) is 1. The molecule has 1 atom stereocenters. The minimum atomic E-state index is -0.695. The van der Waals surface area contributed by atoms with Crippen molar-refractivity contribution in [1.29, 1.82) is 0 Å². The molecule has 0 spiro atoms. The molecule has 1 fully saturated rings. The minimum absolute atomic E-state index is 0.0895. The molecule has 2 aromatic carbocycles. The summed E-state index contributed by atoms with van der Waals surface area (Å²) in [4.78, 5) is 29.8. The Hall–Kier alpha value is -3.32. The van der Waals surface area contributed by atoms with Crippen LogP contribution in [0.4, 0.5) is 0 Å². The first-order valence-electron chi connectivity index (χ1n) is 11.8. The van der Waals surface area contributed by atoms with Crippen molar-refractivity contribution < 1.29 is 24.2 Å². The molecule has 0 bridgehead atoms. The highest BCUT2D eigenvalue weighted by Crippen LogP contribution is 2.40. The van der Waals surface area contributed by atoms with Gasteiger partial charge in [0.15, 0.2) is 0 Å². The van der Waals surface area contributed by atoms with Gasteiger partial charge in [-0.1, -0.05) is 19.1 Å². The van der Waals surface area contributed by atoms with Gasteiger partial charge in [0.1, 0.15) is 17.3 Å². The third-order valence-electron chi connectivity index (χ3n) is 5.63. The zero-order valence-corrected chi connectivity index (χ0v) is 20.4. The number of aliphatic hydroxyl groups is 1. The van der Waals surface area contributed by atoms with E-state index in [9.17, 15) is 14.7 Å². The summed E-state index contributed by atoms with van der Waals surface area (Å²) in [5.41, 5.74) is 1.27. The van der Waals surface area contributed by atoms with E-state index >= 15 is 0 Å². The summed E-state index contributed by atoms with van der Waals surface area (Å²) < 4.78 is 11.3. The maximum absolute atomic E-state index is 13.2. The van der Waals surface area contributed by atoms with Crippen molar-refractivity contribution in [3.8, 4) is 11.5 Å². The van der Waals surface area contributed by atoms with Crippen LogP contribution in [-0.4, -0.2) is 67.0 Å². The molecule has 1 N–H and O–H groups in total. The van der Waals surface area contributed by atoms with Crippen molar-refractivity contribution in [3.05, 3.63) is 65.2 Å². The van der Waals surface area contributed by atoms with Crippen molar-refractivity contribution in [2.45, 2.75) is 32.7 Å². The Morgan fingerprint density at radius 2 is 1.76 bits per heavy atom. The zero-order chi connectivity index (χ0) is 24.7. The van der Waals surface area contributed by atoms with E-state index < -0.39 is 17.7 Å². The van der Waals surface area contributed by atoms with E-state index in [0.717, 1.165) is 18.5 Å². The standard InChI is InChI=1S/C27H34N2O5/c1-5-17-34-22-10-7-9-20(18-22)24-23(25(30)19-11-13-21(14-12-19)33-6-2)26(31)27(32)29(24)16-8-15-28(3)4/h7,9-14,18,24,30H,5-6,8,15-17H2,1-4H3/t24-/m0/s1. The van der Waals surface area contributed by atoms with Crippen molar-refractivity contribution in [1.82, 2.24) is 9.80 Å². The first kappa shape index (κ1) is 25.3. The van der Waals surface area contributed by atoms with Crippen LogP contribution in [0.3, 0.4) is 0 Å². The van der Waals surface area contributed by atoms with Gasteiger partial charge in [-0.05, 0) is 82.4 Å². The molecule has 0 radical (unpaired) electrons. The number of Topliss-reactive ketones (excluding diaryl/α,β-unsaturated/α-hetero) is 1. The van der Waals surface area contributed by atoms with Crippen molar-refractivity contribution in [2.75, 3.05) is 40.4 Å². The molecule has 0 unspecified atom stereocenters. The Labute approximate surface area is 201 Å². The summed E-state index contributed by atoms with van der Waals surface area (Å²) in [6, 6.07) is 13.6. The van der Waals surface area contributed by atoms with Gasteiger partial charge >= 0.3 is 0 Å². The lowest BCUT2D eigenvalue weighted by Gasteiger charge is -2.26. The first-order chi connectivity index (χ1) is 16.4. The normalized spacial score (nSPS) is 17.4. The molecular formula is C27H34N2O5. The largest absolute Gasteiger partial charge is 0.507 e. The fraction of sp³-hybridized carbons (Fsp3) is 0.407. The monoisotopic (exact) mass is 466 g/mol. The number of carbonyl (C=O) groups is 2. The van der Waals surface area contributed by atoms with Crippen molar-refractivity contribution >= 4 is 17.4 Å². The predicted molar refractivity (Wildman–Crippen MR) is 132 cm³/mol. The fourth-order valence-corrected chi connectivity index (χ4v) is 4.04. The molecular weight excluding hydrogens is 432 g/mol. The molecule has 7 heteroatoms. The number of hydrogen-bond donors (Lipinski definition) is 1. The summed E-state index contributed by atoms with van der Waals surface area (Å²) in [7, 11) is 3.93. The number of ether oxygens (including phenoxy) is 2. The Bertz CT molecular complexity index is 1030. The van der Waals surface area contributed by atoms with Gasteiger partial charge < -0.3 is 24.4 Å². The maximum Gasteiger partial charge on any atom is 0.295 e. The van der Waals surface area contributed by atoms with E-state index in [1.807, 2.05) is 57.1 Å². The Balaban J connectivity index is 2.05. The van der Waals surface area contributed by atoms with E-state index in [1.165, 1.54) is 0 Å². The molecule has 34 heavy (non-hydrogen) atoms. The summed E-state index contributed by atoms with van der Waals surface area (Å²) in [6.45, 7) is 6.19. The molecule has 0 saturated carbocycles. The van der Waals surface area contributed by atoms with Crippen LogP contribution < -0.4 is 9.47 Å². The summed E-state index contributed by atoms with van der Waals surface area (Å²) in [6.07, 6.45) is 1.57. The first-order valence-corrected chi connectivity index (χ1v) is 11.8. The minimum Gasteiger partial charge on any atom is -0.507 e. The SMILES string of the molecule is CCCOc1cccc([C@H]2C(=C(O)c3ccc(OCC)cc3)C(=O)C(=O)N2CCCN(C)C)c1. The molecule has 1 aliphatic heterocycles. The van der Waals surface area contributed by atoms with Gasteiger partial charge in [-0.15, -0.1) is 0 Å². The van der Waals surface area contributed by atoms with Crippen molar-refractivity contribution in [3.63, 3.8) is 0 Å². The number of benzene rings is 2. The Morgan fingerprint density at radius 1 is 1.03 bits per heavy atom. The smallest absolute Gasteiger partial charge is 0.295 e. The van der Waals surface area contributed by atoms with Gasteiger partial charge in [-0.3, -0.25) is 9.59 Å². The highest BCUT2D eigenvalue weighted by atomic mass is 16.5. The third kappa shape index (κ3) is 5.78. The van der Waals surface area contributed by atoms with E-state index in [4.69, 9.17) is 9.47 Å². The summed E-state index contributed by atoms with van der Waals surface area (Å²) in [5, 5.41) is 11.2. The lowest BCUT2D eigenvalue weighted by atomic mass is 9.95. The molecule has 182 valence electrons. The van der Waals surface area contributed by atoms with Crippen LogP contribution in [-0.2, 0) is 9.59 Å². The van der Waals surface area contributed by atoms with Crippen LogP contribution in [0, 0.1) is 0 Å². The van der Waals surface area contributed by atoms with Crippen LogP contribution in [0.25, 0.3) is 5.76 Å². The van der Waals surface area contributed by atoms with Gasteiger partial charge in [-0.25, -0.2) is 0 Å². The second kappa shape index (κ2) is 11.7. The summed E-state index contributed by atoms with van der Waals surface area (Å²) >= 11 is 0. The van der Waals surface area contributed by atoms with E-state index in [1.54, 1.807) is 29.2 Å². The predicted octanol–water partition coefficient (Wildman–Crippen LogP) is 4.25. The summed E-state index contributed by atoms with van der Waals surface area (Å²) in [5.74, 6) is -0.140. The molecule has 3 rings (SSSR count). The molecule has 7 nitrogen and oxygen atoms in total. The van der Waals surface area contributed by atoms with E-state index in [0.29, 0.717) is 43.2 Å². The average Bonchev–Trinajstić information content (AvgIpc) is 3.08. The number of rotatable bonds is 11. The number of carbonyl (C=O) groups excluding carboxylic acids is 2. The van der Waals surface area contributed by atoms with Gasteiger partial charge in [0.05, 0.1) is 24.8 Å². The lowest BCUT2D eigenvalue weighted by Crippen LogP contribution is -2.32. The number of ketones is 1. The Kier molecular flexibility index (Phi) is 8.71. The second-order valence-corrected chi connectivity index (χ2v) is 8.53. The van der Waals surface area contributed by atoms with Crippen LogP contribution in [0.2, 0.25) is 0 Å². The third-order valence-corrected chi connectivity index (χ3v) is 5.63. The quantitative estimate of drug-likeness (QED) is 0.303. The van der Waals surface area contributed by atoms with Gasteiger partial charge in [0.25, 0.3) is 11.7 Å². The molecule has 2 aromatic rings. The lowest BCUT2D eigenvalue weighted by molar-refractivity contribution is -0.139. The van der Waals surface area contributed by atoms with Gasteiger partial charge in [0, 0.05) is 12.1 Å². The number of nitrogens with zero attached hydrogens (tertiary/aromatic N) is 2. The van der Waals surface area contributed by atoms with Crippen LogP contribution in [0.1, 0.15) is 43.9 Å². The molecule has 0 aliphatic carbocycles. The highest BCUT2D eigenvalue weighted by molar-refractivity contribution is 6.46.